The molecule has 12 heavy (non-hydrogen) atoms. The second kappa shape index (κ2) is 5.76. The predicted molar refractivity (Wildman–Crippen MR) is 53.0 cm³/mol. The van der Waals surface area contributed by atoms with Gasteiger partial charge in [-0.15, -0.1) is 6.58 Å². The topological polar surface area (TPSA) is 17.1 Å². The third kappa shape index (κ3) is 3.51. The normalized spacial score (nSPS) is 15.9. The van der Waals surface area contributed by atoms with E-state index in [0.29, 0.717) is 5.92 Å². The van der Waals surface area contributed by atoms with Gasteiger partial charge >= 0.3 is 0 Å². The number of carbonyl (C=O) groups is 1. The van der Waals surface area contributed by atoms with Crippen molar-refractivity contribution < 1.29 is 4.79 Å². The zero-order valence-electron chi connectivity index (χ0n) is 8.21. The second-order valence-corrected chi connectivity index (χ2v) is 3.10. The lowest BCUT2D eigenvalue weighted by atomic mass is 9.88. The maximum absolute atomic E-state index is 11.0. The van der Waals surface area contributed by atoms with E-state index in [0.717, 1.165) is 6.42 Å². The summed E-state index contributed by atoms with van der Waals surface area (Å²) in [5.74, 6) is 0.627. The molecule has 0 aromatic carbocycles. The predicted octanol–water partition coefficient (Wildman–Crippen LogP) is 2.98. The van der Waals surface area contributed by atoms with Crippen LogP contribution in [0.4, 0.5) is 0 Å². The lowest BCUT2D eigenvalue weighted by molar-refractivity contribution is -0.121. The van der Waals surface area contributed by atoms with Crippen LogP contribution in [0.3, 0.4) is 0 Å². The van der Waals surface area contributed by atoms with Crippen molar-refractivity contribution in [3.8, 4) is 0 Å². The molecule has 0 bridgehead atoms. The third-order valence-electron chi connectivity index (χ3n) is 2.23. The van der Waals surface area contributed by atoms with Gasteiger partial charge in [0.1, 0.15) is 5.78 Å². The molecule has 68 valence electrons. The lowest BCUT2D eigenvalue weighted by Gasteiger charge is -2.15. The molecular formula is C11H18O. The summed E-state index contributed by atoms with van der Waals surface area (Å²) in [4.78, 5) is 11.0. The summed E-state index contributed by atoms with van der Waals surface area (Å²) < 4.78 is 0. The first-order valence-electron chi connectivity index (χ1n) is 4.37. The van der Waals surface area contributed by atoms with E-state index >= 15 is 0 Å². The molecule has 0 aliphatic heterocycles. The number of hydrogen-bond acceptors (Lipinski definition) is 1. The van der Waals surface area contributed by atoms with Crippen LogP contribution in [0, 0.1) is 11.8 Å². The summed E-state index contributed by atoms with van der Waals surface area (Å²) in [5, 5.41) is 0. The monoisotopic (exact) mass is 166 g/mol. The molecule has 0 aliphatic carbocycles. The Morgan fingerprint density at radius 3 is 2.50 bits per heavy atom. The molecule has 0 spiro atoms. The number of carbonyl (C=O) groups excluding carboxylic acids is 1. The highest BCUT2D eigenvalue weighted by molar-refractivity contribution is 5.78. The van der Waals surface area contributed by atoms with E-state index in [-0.39, 0.29) is 11.7 Å². The Bertz CT molecular complexity index is 179. The van der Waals surface area contributed by atoms with Crippen LogP contribution >= 0.6 is 0 Å². The van der Waals surface area contributed by atoms with Crippen LogP contribution in [0.15, 0.2) is 24.8 Å². The van der Waals surface area contributed by atoms with Crippen LogP contribution in [0.25, 0.3) is 0 Å². The van der Waals surface area contributed by atoms with Crippen LogP contribution in [0.5, 0.6) is 0 Å². The van der Waals surface area contributed by atoms with Crippen LogP contribution in [0.1, 0.15) is 27.2 Å². The molecule has 0 rings (SSSR count). The summed E-state index contributed by atoms with van der Waals surface area (Å²) >= 11 is 0. The van der Waals surface area contributed by atoms with Crippen molar-refractivity contribution in [2.45, 2.75) is 27.2 Å². The van der Waals surface area contributed by atoms with Crippen LogP contribution in [-0.2, 0) is 4.79 Å². The minimum Gasteiger partial charge on any atom is -0.300 e. The first-order chi connectivity index (χ1) is 5.63. The average molecular weight is 166 g/mol. The first-order valence-corrected chi connectivity index (χ1v) is 4.37. The summed E-state index contributed by atoms with van der Waals surface area (Å²) in [6.07, 6.45) is 6.86. The molecule has 0 heterocycles. The number of ketones is 1. The van der Waals surface area contributed by atoms with Crippen LogP contribution in [0.2, 0.25) is 0 Å². The van der Waals surface area contributed by atoms with E-state index in [4.69, 9.17) is 0 Å². The van der Waals surface area contributed by atoms with Gasteiger partial charge in [-0.2, -0.15) is 0 Å². The Balaban J connectivity index is 4.13. The minimum atomic E-state index is 0.0960. The van der Waals surface area contributed by atoms with Gasteiger partial charge in [0.25, 0.3) is 0 Å². The van der Waals surface area contributed by atoms with Gasteiger partial charge in [-0.25, -0.2) is 0 Å². The largest absolute Gasteiger partial charge is 0.300 e. The Kier molecular flexibility index (Phi) is 5.35. The van der Waals surface area contributed by atoms with Crippen molar-refractivity contribution in [2.24, 2.45) is 11.8 Å². The van der Waals surface area contributed by atoms with Crippen molar-refractivity contribution in [1.29, 1.82) is 0 Å². The fourth-order valence-electron chi connectivity index (χ4n) is 1.10. The van der Waals surface area contributed by atoms with Gasteiger partial charge < -0.3 is 0 Å². The summed E-state index contributed by atoms with van der Waals surface area (Å²) in [6, 6.07) is 0. The van der Waals surface area contributed by atoms with Crippen molar-refractivity contribution in [3.63, 3.8) is 0 Å². The van der Waals surface area contributed by atoms with E-state index in [9.17, 15) is 4.79 Å². The molecule has 1 nitrogen and oxygen atoms in total. The summed E-state index contributed by atoms with van der Waals surface area (Å²) in [7, 11) is 0. The van der Waals surface area contributed by atoms with Gasteiger partial charge in [0.2, 0.25) is 0 Å². The Labute approximate surface area is 75.2 Å². The van der Waals surface area contributed by atoms with Gasteiger partial charge in [0, 0.05) is 5.92 Å². The molecule has 0 aromatic heterocycles. The zero-order valence-corrected chi connectivity index (χ0v) is 8.21. The smallest absolute Gasteiger partial charge is 0.133 e. The van der Waals surface area contributed by atoms with E-state index < -0.39 is 0 Å². The van der Waals surface area contributed by atoms with Crippen LogP contribution in [-0.4, -0.2) is 5.78 Å². The van der Waals surface area contributed by atoms with Gasteiger partial charge in [0.05, 0.1) is 0 Å². The number of allylic oxidation sites excluding steroid dienone is 3. The standard InChI is InChI=1S/C11H18O/c1-5-7-8-11(6-2)9(3)10(4)12/h5-7,9,11H,2,8H2,1,3-4H3/b7-5-. The van der Waals surface area contributed by atoms with Gasteiger partial charge in [-0.1, -0.05) is 25.2 Å². The van der Waals surface area contributed by atoms with Crippen molar-refractivity contribution in [3.05, 3.63) is 24.8 Å². The SMILES string of the molecule is C=CC(C/C=C\C)C(C)C(C)=O. The molecule has 0 saturated heterocycles. The lowest BCUT2D eigenvalue weighted by Crippen LogP contribution is -2.16. The molecule has 0 saturated carbocycles. The number of rotatable bonds is 5. The summed E-state index contributed by atoms with van der Waals surface area (Å²) in [6.45, 7) is 9.31. The molecule has 2 atom stereocenters. The van der Waals surface area contributed by atoms with Crippen molar-refractivity contribution >= 4 is 5.78 Å². The molecule has 0 N–H and O–H groups in total. The maximum atomic E-state index is 11.0. The highest BCUT2D eigenvalue weighted by atomic mass is 16.1. The molecular weight excluding hydrogens is 148 g/mol. The molecule has 0 radical (unpaired) electrons. The highest BCUT2D eigenvalue weighted by Crippen LogP contribution is 2.18. The minimum absolute atomic E-state index is 0.0960. The van der Waals surface area contributed by atoms with Gasteiger partial charge in [-0.3, -0.25) is 4.79 Å². The van der Waals surface area contributed by atoms with Crippen molar-refractivity contribution in [1.82, 2.24) is 0 Å². The van der Waals surface area contributed by atoms with E-state index in [1.165, 1.54) is 0 Å². The Hall–Kier alpha value is -0.850. The molecule has 0 aromatic rings. The summed E-state index contributed by atoms with van der Waals surface area (Å²) in [5.41, 5.74) is 0. The highest BCUT2D eigenvalue weighted by Gasteiger charge is 2.16. The average Bonchev–Trinajstić information content (AvgIpc) is 2.05. The molecule has 1 heteroatoms. The number of hydrogen-bond donors (Lipinski definition) is 0. The van der Waals surface area contributed by atoms with E-state index in [1.807, 2.05) is 26.0 Å². The quantitative estimate of drug-likeness (QED) is 0.574. The van der Waals surface area contributed by atoms with Gasteiger partial charge in [-0.05, 0) is 26.2 Å². The Morgan fingerprint density at radius 2 is 2.17 bits per heavy atom. The van der Waals surface area contributed by atoms with E-state index in [1.54, 1.807) is 6.92 Å². The fourth-order valence-corrected chi connectivity index (χ4v) is 1.10. The third-order valence-corrected chi connectivity index (χ3v) is 2.23. The molecule has 0 fully saturated rings. The number of Topliss-reactive ketones (excluding diaryl/α,β-unsaturated/α-hetero) is 1. The molecule has 2 unspecified atom stereocenters. The maximum Gasteiger partial charge on any atom is 0.133 e. The van der Waals surface area contributed by atoms with Crippen LogP contribution < -0.4 is 0 Å². The molecule has 0 aliphatic rings. The van der Waals surface area contributed by atoms with Crippen molar-refractivity contribution in [2.75, 3.05) is 0 Å². The molecule has 0 amide bonds. The Morgan fingerprint density at radius 1 is 1.58 bits per heavy atom. The van der Waals surface area contributed by atoms with E-state index in [2.05, 4.69) is 12.7 Å². The first kappa shape index (κ1) is 11.2. The zero-order chi connectivity index (χ0) is 9.56. The van der Waals surface area contributed by atoms with Gasteiger partial charge in [0.15, 0.2) is 0 Å². The fraction of sp³-hybridized carbons (Fsp3) is 0.545. The second-order valence-electron chi connectivity index (χ2n) is 3.10.